The first-order valence-corrected chi connectivity index (χ1v) is 10.9. The molecule has 0 bridgehead atoms. The maximum atomic E-state index is 12.7. The van der Waals surface area contributed by atoms with Gasteiger partial charge in [-0.2, -0.15) is 5.10 Å². The van der Waals surface area contributed by atoms with Crippen molar-refractivity contribution in [1.29, 1.82) is 0 Å². The molecule has 2 heterocycles. The van der Waals surface area contributed by atoms with Crippen molar-refractivity contribution in [1.82, 2.24) is 25.3 Å². The summed E-state index contributed by atoms with van der Waals surface area (Å²) < 4.78 is 1.86. The Morgan fingerprint density at radius 2 is 1.97 bits per heavy atom. The Morgan fingerprint density at radius 1 is 1.13 bits per heavy atom. The zero-order chi connectivity index (χ0) is 21.2. The summed E-state index contributed by atoms with van der Waals surface area (Å²) in [5.74, 6) is -0.281. The SMILES string of the molecule is O=C(NCCCN1CCNCC1)c1cc(-n2ncc3c2-c2ccccc2C3)ccc1O. The summed E-state index contributed by atoms with van der Waals surface area (Å²) in [6.45, 7) is 5.69. The summed E-state index contributed by atoms with van der Waals surface area (Å²) >= 11 is 0. The molecule has 3 aromatic rings. The number of piperazine rings is 1. The summed E-state index contributed by atoms with van der Waals surface area (Å²) in [5, 5.41) is 21.2. The molecular formula is C24H27N5O2. The summed E-state index contributed by atoms with van der Waals surface area (Å²) in [6.07, 6.45) is 3.64. The Kier molecular flexibility index (Phi) is 5.44. The topological polar surface area (TPSA) is 82.4 Å². The van der Waals surface area contributed by atoms with Crippen molar-refractivity contribution in [2.75, 3.05) is 39.3 Å². The largest absolute Gasteiger partial charge is 0.507 e. The van der Waals surface area contributed by atoms with Gasteiger partial charge in [-0.15, -0.1) is 0 Å². The molecule has 1 amide bonds. The predicted molar refractivity (Wildman–Crippen MR) is 120 cm³/mol. The molecule has 1 aromatic heterocycles. The molecule has 0 unspecified atom stereocenters. The lowest BCUT2D eigenvalue weighted by atomic mass is 10.1. The minimum atomic E-state index is -0.260. The van der Waals surface area contributed by atoms with Crippen LogP contribution in [0, 0.1) is 0 Å². The van der Waals surface area contributed by atoms with Gasteiger partial charge in [0.05, 0.1) is 23.1 Å². The fourth-order valence-electron chi connectivity index (χ4n) is 4.48. The van der Waals surface area contributed by atoms with Gasteiger partial charge in [-0.3, -0.25) is 4.79 Å². The van der Waals surface area contributed by atoms with Gasteiger partial charge < -0.3 is 20.6 Å². The molecule has 7 heteroatoms. The number of aromatic hydroxyl groups is 1. The van der Waals surface area contributed by atoms with Crippen LogP contribution in [0.4, 0.5) is 0 Å². The lowest BCUT2D eigenvalue weighted by Gasteiger charge is -2.27. The number of carbonyl (C=O) groups excluding carboxylic acids is 1. The zero-order valence-electron chi connectivity index (χ0n) is 17.5. The standard InChI is InChI=1S/C24H27N5O2/c30-22-7-6-19(29-23-18(16-27-29)14-17-4-1-2-5-20(17)23)15-21(22)24(31)26-8-3-11-28-12-9-25-10-13-28/h1-2,4-7,15-16,25,30H,3,8-14H2,(H,26,31). The molecule has 0 radical (unpaired) electrons. The van der Waals surface area contributed by atoms with Crippen LogP contribution >= 0.6 is 0 Å². The second-order valence-corrected chi connectivity index (χ2v) is 8.17. The Balaban J connectivity index is 1.30. The molecule has 31 heavy (non-hydrogen) atoms. The lowest BCUT2D eigenvalue weighted by Crippen LogP contribution is -2.44. The van der Waals surface area contributed by atoms with Gasteiger partial charge in [0.25, 0.3) is 5.91 Å². The Hall–Kier alpha value is -3.16. The normalized spacial score (nSPS) is 15.5. The van der Waals surface area contributed by atoms with E-state index in [9.17, 15) is 9.90 Å². The molecule has 0 saturated carbocycles. The molecular weight excluding hydrogens is 390 g/mol. The van der Waals surface area contributed by atoms with Crippen LogP contribution < -0.4 is 10.6 Å². The highest BCUT2D eigenvalue weighted by Crippen LogP contribution is 2.37. The maximum Gasteiger partial charge on any atom is 0.255 e. The van der Waals surface area contributed by atoms with Crippen molar-refractivity contribution in [2.24, 2.45) is 0 Å². The Morgan fingerprint density at radius 3 is 2.84 bits per heavy atom. The van der Waals surface area contributed by atoms with Gasteiger partial charge in [0.15, 0.2) is 0 Å². The monoisotopic (exact) mass is 417 g/mol. The van der Waals surface area contributed by atoms with E-state index in [0.717, 1.165) is 56.9 Å². The second kappa shape index (κ2) is 8.53. The van der Waals surface area contributed by atoms with Gasteiger partial charge in [0, 0.05) is 50.3 Å². The molecule has 3 N–H and O–H groups in total. The number of phenols is 1. The lowest BCUT2D eigenvalue weighted by molar-refractivity contribution is 0.0948. The number of aromatic nitrogens is 2. The van der Waals surface area contributed by atoms with E-state index in [0.29, 0.717) is 6.54 Å². The first-order valence-electron chi connectivity index (χ1n) is 10.9. The molecule has 1 saturated heterocycles. The number of nitrogens with one attached hydrogen (secondary N) is 2. The first-order chi connectivity index (χ1) is 15.2. The Labute approximate surface area is 181 Å². The quantitative estimate of drug-likeness (QED) is 0.419. The van der Waals surface area contributed by atoms with Crippen LogP contribution in [-0.4, -0.2) is 65.0 Å². The number of rotatable bonds is 6. The van der Waals surface area contributed by atoms with E-state index in [1.807, 2.05) is 23.0 Å². The molecule has 1 fully saturated rings. The van der Waals surface area contributed by atoms with E-state index in [4.69, 9.17) is 0 Å². The molecule has 0 spiro atoms. The van der Waals surface area contributed by atoms with Crippen LogP contribution in [0.15, 0.2) is 48.7 Å². The van der Waals surface area contributed by atoms with Crippen LogP contribution in [0.5, 0.6) is 5.75 Å². The minimum Gasteiger partial charge on any atom is -0.507 e. The third-order valence-electron chi connectivity index (χ3n) is 6.11. The number of amides is 1. The Bertz CT molecular complexity index is 1100. The summed E-state index contributed by atoms with van der Waals surface area (Å²) in [4.78, 5) is 15.1. The van der Waals surface area contributed by atoms with E-state index < -0.39 is 0 Å². The van der Waals surface area contributed by atoms with E-state index in [1.54, 1.807) is 18.2 Å². The van der Waals surface area contributed by atoms with Gasteiger partial charge in [-0.1, -0.05) is 24.3 Å². The van der Waals surface area contributed by atoms with Gasteiger partial charge in [0.2, 0.25) is 0 Å². The fraction of sp³-hybridized carbons (Fsp3) is 0.333. The highest BCUT2D eigenvalue weighted by molar-refractivity contribution is 5.97. The molecule has 160 valence electrons. The van der Waals surface area contributed by atoms with E-state index in [2.05, 4.69) is 32.8 Å². The number of carbonyl (C=O) groups is 1. The number of hydrogen-bond acceptors (Lipinski definition) is 5. The first kappa shape index (κ1) is 19.8. The fourth-order valence-corrected chi connectivity index (χ4v) is 4.48. The highest BCUT2D eigenvalue weighted by atomic mass is 16.3. The number of benzene rings is 2. The zero-order valence-corrected chi connectivity index (χ0v) is 17.5. The molecule has 2 aromatic carbocycles. The van der Waals surface area contributed by atoms with Crippen molar-refractivity contribution >= 4 is 5.91 Å². The van der Waals surface area contributed by atoms with E-state index in [1.165, 1.54) is 16.7 Å². The van der Waals surface area contributed by atoms with Crippen LogP contribution in [0.2, 0.25) is 0 Å². The van der Waals surface area contributed by atoms with Gasteiger partial charge in [0.1, 0.15) is 5.75 Å². The number of hydrogen-bond donors (Lipinski definition) is 3. The molecule has 1 aliphatic heterocycles. The average molecular weight is 418 g/mol. The minimum absolute atomic E-state index is 0.0208. The molecule has 2 aliphatic rings. The third kappa shape index (κ3) is 3.94. The molecule has 5 rings (SSSR count). The van der Waals surface area contributed by atoms with E-state index >= 15 is 0 Å². The summed E-state index contributed by atoms with van der Waals surface area (Å²) in [5.41, 5.74) is 5.72. The van der Waals surface area contributed by atoms with Crippen molar-refractivity contribution in [3.8, 4) is 22.7 Å². The maximum absolute atomic E-state index is 12.7. The van der Waals surface area contributed by atoms with Crippen LogP contribution in [-0.2, 0) is 6.42 Å². The van der Waals surface area contributed by atoms with Crippen molar-refractivity contribution in [3.05, 3.63) is 65.4 Å². The molecule has 0 atom stereocenters. The summed E-state index contributed by atoms with van der Waals surface area (Å²) in [6, 6.07) is 13.4. The van der Waals surface area contributed by atoms with Crippen molar-refractivity contribution in [2.45, 2.75) is 12.8 Å². The number of fused-ring (bicyclic) bond motifs is 3. The van der Waals surface area contributed by atoms with Gasteiger partial charge in [-0.25, -0.2) is 4.68 Å². The van der Waals surface area contributed by atoms with Crippen molar-refractivity contribution in [3.63, 3.8) is 0 Å². The number of phenolic OH excluding ortho intramolecular Hbond substituents is 1. The van der Waals surface area contributed by atoms with Crippen LogP contribution in [0.1, 0.15) is 27.9 Å². The predicted octanol–water partition coefficient (Wildman–Crippen LogP) is 2.17. The van der Waals surface area contributed by atoms with Gasteiger partial charge >= 0.3 is 0 Å². The average Bonchev–Trinajstić information content (AvgIpc) is 3.37. The number of nitrogens with zero attached hydrogens (tertiary/aromatic N) is 3. The summed E-state index contributed by atoms with van der Waals surface area (Å²) in [7, 11) is 0. The van der Waals surface area contributed by atoms with Crippen LogP contribution in [0.25, 0.3) is 16.9 Å². The van der Waals surface area contributed by atoms with Crippen molar-refractivity contribution < 1.29 is 9.90 Å². The molecule has 1 aliphatic carbocycles. The van der Waals surface area contributed by atoms with Gasteiger partial charge in [-0.05, 0) is 36.7 Å². The third-order valence-corrected chi connectivity index (χ3v) is 6.11. The smallest absolute Gasteiger partial charge is 0.255 e. The van der Waals surface area contributed by atoms with E-state index in [-0.39, 0.29) is 17.2 Å². The molecule has 7 nitrogen and oxygen atoms in total. The second-order valence-electron chi connectivity index (χ2n) is 8.17. The highest BCUT2D eigenvalue weighted by Gasteiger charge is 2.24. The van der Waals surface area contributed by atoms with Crippen LogP contribution in [0.3, 0.4) is 0 Å².